The molecule has 3 rings (SSSR count). The van der Waals surface area contributed by atoms with Crippen molar-refractivity contribution in [3.63, 3.8) is 0 Å². The number of amides is 1. The van der Waals surface area contributed by atoms with Crippen LogP contribution in [0.4, 0.5) is 5.69 Å². The van der Waals surface area contributed by atoms with E-state index in [1.807, 2.05) is 57.2 Å². The van der Waals surface area contributed by atoms with E-state index in [9.17, 15) is 13.2 Å². The van der Waals surface area contributed by atoms with Gasteiger partial charge in [0.1, 0.15) is 0 Å². The first-order chi connectivity index (χ1) is 14.2. The second-order valence-electron chi connectivity index (χ2n) is 7.06. The second kappa shape index (κ2) is 8.92. The van der Waals surface area contributed by atoms with Crippen LogP contribution in [0, 0.1) is 20.8 Å². The molecule has 7 heteroatoms. The summed E-state index contributed by atoms with van der Waals surface area (Å²) in [5.74, 6) is -0.498. The minimum atomic E-state index is -3.84. The van der Waals surface area contributed by atoms with Crippen molar-refractivity contribution in [2.24, 2.45) is 5.10 Å². The number of nitrogens with zero attached hydrogens (tertiary/aromatic N) is 1. The molecule has 0 atom stereocenters. The Hall–Kier alpha value is -3.45. The van der Waals surface area contributed by atoms with Crippen LogP contribution >= 0.6 is 0 Å². The van der Waals surface area contributed by atoms with Gasteiger partial charge in [0, 0.05) is 5.56 Å². The average Bonchev–Trinajstić information content (AvgIpc) is 2.70. The SMILES string of the molecule is Cc1cccc(/C=N/NC(=O)c2cccc(S(=O)(=O)Nc3ccc(C)cc3C)c2)c1. The first-order valence-corrected chi connectivity index (χ1v) is 10.8. The molecule has 0 fully saturated rings. The molecule has 0 aromatic heterocycles. The summed E-state index contributed by atoms with van der Waals surface area (Å²) in [6.45, 7) is 5.74. The number of nitrogens with one attached hydrogen (secondary N) is 2. The molecule has 0 saturated heterocycles. The van der Waals surface area contributed by atoms with Crippen LogP contribution in [0.1, 0.15) is 32.6 Å². The molecule has 6 nitrogen and oxygen atoms in total. The number of sulfonamides is 1. The summed E-state index contributed by atoms with van der Waals surface area (Å²) in [6.07, 6.45) is 1.53. The van der Waals surface area contributed by atoms with Crippen LogP contribution in [0.25, 0.3) is 0 Å². The van der Waals surface area contributed by atoms with Gasteiger partial charge in [0.15, 0.2) is 0 Å². The molecule has 0 saturated carbocycles. The van der Waals surface area contributed by atoms with Crippen molar-refractivity contribution in [3.8, 4) is 0 Å². The molecule has 3 aromatic rings. The van der Waals surface area contributed by atoms with Crippen molar-refractivity contribution < 1.29 is 13.2 Å². The van der Waals surface area contributed by atoms with Crippen LogP contribution in [0.15, 0.2) is 76.7 Å². The quantitative estimate of drug-likeness (QED) is 0.462. The van der Waals surface area contributed by atoms with Crippen molar-refractivity contribution >= 4 is 27.8 Å². The maximum atomic E-state index is 12.8. The lowest BCUT2D eigenvalue weighted by atomic mass is 10.1. The Morgan fingerprint density at radius 1 is 0.900 bits per heavy atom. The summed E-state index contributed by atoms with van der Waals surface area (Å²) in [7, 11) is -3.84. The number of carbonyl (C=O) groups excluding carboxylic acids is 1. The van der Waals surface area contributed by atoms with Gasteiger partial charge < -0.3 is 0 Å². The Balaban J connectivity index is 1.75. The largest absolute Gasteiger partial charge is 0.279 e. The van der Waals surface area contributed by atoms with Crippen LogP contribution in [0.2, 0.25) is 0 Å². The summed E-state index contributed by atoms with van der Waals surface area (Å²) in [6, 6.07) is 18.9. The molecule has 0 aliphatic carbocycles. The molecule has 3 aromatic carbocycles. The predicted molar refractivity (Wildman–Crippen MR) is 119 cm³/mol. The van der Waals surface area contributed by atoms with E-state index in [1.165, 1.54) is 30.5 Å². The van der Waals surface area contributed by atoms with E-state index in [1.54, 1.807) is 6.07 Å². The van der Waals surface area contributed by atoms with Crippen LogP contribution in [-0.4, -0.2) is 20.5 Å². The molecule has 154 valence electrons. The topological polar surface area (TPSA) is 87.6 Å². The van der Waals surface area contributed by atoms with E-state index in [2.05, 4.69) is 15.2 Å². The molecular weight excluding hydrogens is 398 g/mol. The van der Waals surface area contributed by atoms with Crippen molar-refractivity contribution in [1.29, 1.82) is 0 Å². The first-order valence-electron chi connectivity index (χ1n) is 9.35. The Bertz CT molecular complexity index is 1220. The fraction of sp³-hybridized carbons (Fsp3) is 0.130. The van der Waals surface area contributed by atoms with E-state index in [0.29, 0.717) is 5.69 Å². The minimum absolute atomic E-state index is 0.00205. The first kappa shape index (κ1) is 21.3. The smallest absolute Gasteiger partial charge is 0.271 e. The Morgan fingerprint density at radius 3 is 2.37 bits per heavy atom. The van der Waals surface area contributed by atoms with Gasteiger partial charge in [-0.15, -0.1) is 0 Å². The highest BCUT2D eigenvalue weighted by molar-refractivity contribution is 7.92. The lowest BCUT2D eigenvalue weighted by molar-refractivity contribution is 0.0955. The highest BCUT2D eigenvalue weighted by atomic mass is 32.2. The monoisotopic (exact) mass is 421 g/mol. The third kappa shape index (κ3) is 5.33. The van der Waals surface area contributed by atoms with E-state index in [0.717, 1.165) is 22.3 Å². The van der Waals surface area contributed by atoms with Gasteiger partial charge in [0.2, 0.25) is 0 Å². The lowest BCUT2D eigenvalue weighted by Gasteiger charge is -2.12. The number of benzene rings is 3. The summed E-state index contributed by atoms with van der Waals surface area (Å²) < 4.78 is 28.1. The van der Waals surface area contributed by atoms with E-state index in [-0.39, 0.29) is 10.5 Å². The van der Waals surface area contributed by atoms with Crippen LogP contribution in [0.5, 0.6) is 0 Å². The number of carbonyl (C=O) groups is 1. The Kier molecular flexibility index (Phi) is 6.32. The van der Waals surface area contributed by atoms with Gasteiger partial charge in [-0.05, 0) is 56.2 Å². The summed E-state index contributed by atoms with van der Waals surface area (Å²) >= 11 is 0. The fourth-order valence-electron chi connectivity index (χ4n) is 2.92. The lowest BCUT2D eigenvalue weighted by Crippen LogP contribution is -2.19. The summed E-state index contributed by atoms with van der Waals surface area (Å²) in [5.41, 5.74) is 6.91. The van der Waals surface area contributed by atoms with Crippen LogP contribution < -0.4 is 10.1 Å². The molecule has 0 unspecified atom stereocenters. The van der Waals surface area contributed by atoms with Crippen molar-refractivity contribution in [3.05, 3.63) is 94.5 Å². The molecule has 0 radical (unpaired) electrons. The number of aryl methyl sites for hydroxylation is 3. The van der Waals surface area contributed by atoms with E-state index in [4.69, 9.17) is 0 Å². The molecule has 0 heterocycles. The van der Waals surface area contributed by atoms with Crippen molar-refractivity contribution in [1.82, 2.24) is 5.43 Å². The highest BCUT2D eigenvalue weighted by Crippen LogP contribution is 2.21. The molecular formula is C23H23N3O3S. The van der Waals surface area contributed by atoms with Gasteiger partial charge in [-0.3, -0.25) is 9.52 Å². The minimum Gasteiger partial charge on any atom is -0.279 e. The molecule has 0 aliphatic rings. The Labute approximate surface area is 176 Å². The van der Waals surface area contributed by atoms with Gasteiger partial charge >= 0.3 is 0 Å². The number of anilines is 1. The average molecular weight is 422 g/mol. The van der Waals surface area contributed by atoms with Gasteiger partial charge in [-0.25, -0.2) is 13.8 Å². The number of hydrazone groups is 1. The zero-order chi connectivity index (χ0) is 21.7. The highest BCUT2D eigenvalue weighted by Gasteiger charge is 2.17. The van der Waals surface area contributed by atoms with Crippen LogP contribution in [0.3, 0.4) is 0 Å². The maximum absolute atomic E-state index is 12.8. The predicted octanol–water partition coefficient (Wildman–Crippen LogP) is 4.18. The zero-order valence-electron chi connectivity index (χ0n) is 17.0. The van der Waals surface area contributed by atoms with Gasteiger partial charge in [0.25, 0.3) is 15.9 Å². The summed E-state index contributed by atoms with van der Waals surface area (Å²) in [5, 5.41) is 3.95. The van der Waals surface area contributed by atoms with E-state index < -0.39 is 15.9 Å². The summed E-state index contributed by atoms with van der Waals surface area (Å²) in [4.78, 5) is 12.4. The second-order valence-corrected chi connectivity index (χ2v) is 8.75. The number of rotatable bonds is 6. The third-order valence-corrected chi connectivity index (χ3v) is 5.82. The molecule has 0 spiro atoms. The molecule has 1 amide bonds. The van der Waals surface area contributed by atoms with Crippen molar-refractivity contribution in [2.45, 2.75) is 25.7 Å². The van der Waals surface area contributed by atoms with Crippen molar-refractivity contribution in [2.75, 3.05) is 4.72 Å². The molecule has 30 heavy (non-hydrogen) atoms. The molecule has 0 bridgehead atoms. The normalized spacial score (nSPS) is 11.4. The standard InChI is InChI=1S/C23H23N3O3S/c1-16-6-4-7-19(13-16)15-24-25-23(27)20-8-5-9-21(14-20)30(28,29)26-22-11-10-17(2)12-18(22)3/h4-15,26H,1-3H3,(H,25,27)/b24-15+. The third-order valence-electron chi connectivity index (χ3n) is 4.45. The van der Waals surface area contributed by atoms with Gasteiger partial charge in [-0.2, -0.15) is 5.10 Å². The number of hydrogen-bond acceptors (Lipinski definition) is 4. The van der Waals surface area contributed by atoms with Gasteiger partial charge in [-0.1, -0.05) is 53.6 Å². The zero-order valence-corrected chi connectivity index (χ0v) is 17.8. The molecule has 2 N–H and O–H groups in total. The molecule has 0 aliphatic heterocycles. The Morgan fingerprint density at radius 2 is 1.63 bits per heavy atom. The fourth-order valence-corrected chi connectivity index (χ4v) is 4.09. The van der Waals surface area contributed by atoms with E-state index >= 15 is 0 Å². The van der Waals surface area contributed by atoms with Gasteiger partial charge in [0.05, 0.1) is 16.8 Å². The maximum Gasteiger partial charge on any atom is 0.271 e. The van der Waals surface area contributed by atoms with Crippen LogP contribution in [-0.2, 0) is 10.0 Å². The number of hydrogen-bond donors (Lipinski definition) is 2.